The van der Waals surface area contributed by atoms with E-state index in [0.29, 0.717) is 25.2 Å². The maximum Gasteiger partial charge on any atom is 0.286 e. The van der Waals surface area contributed by atoms with Crippen molar-refractivity contribution in [3.8, 4) is 0 Å². The Bertz CT molecular complexity index is 724. The van der Waals surface area contributed by atoms with Gasteiger partial charge in [-0.3, -0.25) is 4.79 Å². The number of ether oxygens (including phenoxy) is 2. The number of thiophene rings is 1. The van der Waals surface area contributed by atoms with Crippen LogP contribution in [0.1, 0.15) is 62.8 Å². The normalized spacial score (nSPS) is 37.8. The van der Waals surface area contributed by atoms with E-state index in [0.717, 1.165) is 37.0 Å². The third-order valence-electron chi connectivity index (χ3n) is 7.28. The Morgan fingerprint density at radius 3 is 2.55 bits per heavy atom. The largest absolute Gasteiger partial charge is 0.459 e. The summed E-state index contributed by atoms with van der Waals surface area (Å²) in [5.41, 5.74) is 1.17. The molecule has 2 heterocycles. The van der Waals surface area contributed by atoms with E-state index < -0.39 is 6.29 Å². The van der Waals surface area contributed by atoms with E-state index in [1.165, 1.54) is 24.8 Å². The van der Waals surface area contributed by atoms with Crippen molar-refractivity contribution in [1.82, 2.24) is 5.32 Å². The molecule has 0 unspecified atom stereocenters. The molecule has 4 bridgehead atoms. The number of aliphatic hydroxyl groups is 1. The van der Waals surface area contributed by atoms with Gasteiger partial charge in [-0.1, -0.05) is 0 Å². The van der Waals surface area contributed by atoms with E-state index in [1.54, 1.807) is 11.3 Å². The van der Waals surface area contributed by atoms with Gasteiger partial charge < -0.3 is 19.9 Å². The Kier molecular flexibility index (Phi) is 5.43. The number of carbonyl (C=O) groups is 1. The van der Waals surface area contributed by atoms with Crippen molar-refractivity contribution in [3.05, 3.63) is 34.2 Å². The van der Waals surface area contributed by atoms with Crippen molar-refractivity contribution >= 4 is 17.2 Å². The molecule has 4 fully saturated rings. The molecule has 4 aliphatic carbocycles. The molecule has 4 saturated carbocycles. The fourth-order valence-electron chi connectivity index (χ4n) is 6.48. The van der Waals surface area contributed by atoms with Gasteiger partial charge in [0.15, 0.2) is 5.76 Å². The molecule has 0 spiro atoms. The molecular formula is C23H31NO4S. The molecule has 5 aliphatic rings. The van der Waals surface area contributed by atoms with E-state index >= 15 is 0 Å². The zero-order chi connectivity index (χ0) is 19.8. The van der Waals surface area contributed by atoms with E-state index in [1.807, 2.05) is 6.08 Å². The SMILES string of the molecule is O=C(NC12CC3CC(CC(C3)C1)C2)C1=C[C@H](c2ccsc2)C[C@H](OCCCO)O1. The topological polar surface area (TPSA) is 67.8 Å². The summed E-state index contributed by atoms with van der Waals surface area (Å²) in [6, 6.07) is 2.11. The molecule has 29 heavy (non-hydrogen) atoms. The van der Waals surface area contributed by atoms with Gasteiger partial charge in [-0.15, -0.1) is 0 Å². The van der Waals surface area contributed by atoms with E-state index in [4.69, 9.17) is 14.6 Å². The average Bonchev–Trinajstić information content (AvgIpc) is 3.21. The van der Waals surface area contributed by atoms with Gasteiger partial charge in [0.05, 0.1) is 6.61 Å². The molecule has 1 amide bonds. The predicted molar refractivity (Wildman–Crippen MR) is 111 cm³/mol. The van der Waals surface area contributed by atoms with Crippen LogP contribution in [-0.2, 0) is 14.3 Å². The predicted octanol–water partition coefficient (Wildman–Crippen LogP) is 3.95. The maximum atomic E-state index is 13.3. The Labute approximate surface area is 176 Å². The molecule has 6 heteroatoms. The smallest absolute Gasteiger partial charge is 0.286 e. The summed E-state index contributed by atoms with van der Waals surface area (Å²) >= 11 is 1.67. The number of carbonyl (C=O) groups excluding carboxylic acids is 1. The van der Waals surface area contributed by atoms with Crippen LogP contribution in [0.15, 0.2) is 28.7 Å². The first-order chi connectivity index (χ1) is 14.1. The summed E-state index contributed by atoms with van der Waals surface area (Å²) in [4.78, 5) is 13.3. The van der Waals surface area contributed by atoms with Crippen molar-refractivity contribution in [2.24, 2.45) is 17.8 Å². The first-order valence-electron chi connectivity index (χ1n) is 11.1. The molecular weight excluding hydrogens is 386 g/mol. The Morgan fingerprint density at radius 1 is 1.21 bits per heavy atom. The van der Waals surface area contributed by atoms with Crippen LogP contribution in [0, 0.1) is 17.8 Å². The van der Waals surface area contributed by atoms with Crippen LogP contribution in [0.5, 0.6) is 0 Å². The van der Waals surface area contributed by atoms with Crippen molar-refractivity contribution in [2.75, 3.05) is 13.2 Å². The van der Waals surface area contributed by atoms with E-state index in [-0.39, 0.29) is 24.0 Å². The second-order valence-electron chi connectivity index (χ2n) is 9.58. The van der Waals surface area contributed by atoms with Crippen LogP contribution in [0.3, 0.4) is 0 Å². The molecule has 5 nitrogen and oxygen atoms in total. The number of hydrogen-bond donors (Lipinski definition) is 2. The van der Waals surface area contributed by atoms with Crippen LogP contribution in [0.4, 0.5) is 0 Å². The monoisotopic (exact) mass is 417 g/mol. The second kappa shape index (κ2) is 8.05. The summed E-state index contributed by atoms with van der Waals surface area (Å²) in [5, 5.41) is 16.7. The lowest BCUT2D eigenvalue weighted by atomic mass is 9.53. The second-order valence-corrected chi connectivity index (χ2v) is 10.4. The van der Waals surface area contributed by atoms with Gasteiger partial charge in [0.2, 0.25) is 6.29 Å². The quantitative estimate of drug-likeness (QED) is 0.660. The summed E-state index contributed by atoms with van der Waals surface area (Å²) in [5.74, 6) is 2.80. The maximum absolute atomic E-state index is 13.3. The lowest BCUT2D eigenvalue weighted by Crippen LogP contribution is -2.60. The summed E-state index contributed by atoms with van der Waals surface area (Å²) in [6.07, 6.45) is 10.2. The Morgan fingerprint density at radius 2 is 1.93 bits per heavy atom. The average molecular weight is 418 g/mol. The minimum Gasteiger partial charge on any atom is -0.459 e. The van der Waals surface area contributed by atoms with Crippen LogP contribution < -0.4 is 5.32 Å². The van der Waals surface area contributed by atoms with E-state index in [9.17, 15) is 4.79 Å². The minimum atomic E-state index is -0.450. The zero-order valence-corrected chi connectivity index (χ0v) is 17.7. The van der Waals surface area contributed by atoms with Crippen molar-refractivity contribution in [2.45, 2.75) is 69.1 Å². The molecule has 2 N–H and O–H groups in total. The zero-order valence-electron chi connectivity index (χ0n) is 16.8. The third-order valence-corrected chi connectivity index (χ3v) is 7.98. The van der Waals surface area contributed by atoms with Gasteiger partial charge in [-0.05, 0) is 91.2 Å². The number of allylic oxidation sites excluding steroid dienone is 1. The van der Waals surface area contributed by atoms with Gasteiger partial charge in [-0.2, -0.15) is 11.3 Å². The van der Waals surface area contributed by atoms with Crippen molar-refractivity contribution in [3.63, 3.8) is 0 Å². The van der Waals surface area contributed by atoms with Gasteiger partial charge in [0.1, 0.15) is 0 Å². The molecule has 2 atom stereocenters. The van der Waals surface area contributed by atoms with Gasteiger partial charge in [0.25, 0.3) is 5.91 Å². The molecule has 1 aromatic heterocycles. The lowest BCUT2D eigenvalue weighted by molar-refractivity contribution is -0.150. The molecule has 0 aromatic carbocycles. The fraction of sp³-hybridized carbons (Fsp3) is 0.696. The Hall–Kier alpha value is -1.37. The highest BCUT2D eigenvalue weighted by molar-refractivity contribution is 7.08. The lowest BCUT2D eigenvalue weighted by Gasteiger charge is -2.56. The highest BCUT2D eigenvalue weighted by Gasteiger charge is 2.52. The molecule has 6 rings (SSSR count). The molecule has 0 saturated heterocycles. The van der Waals surface area contributed by atoms with Gasteiger partial charge >= 0.3 is 0 Å². The summed E-state index contributed by atoms with van der Waals surface area (Å²) in [6.45, 7) is 0.525. The number of aliphatic hydroxyl groups excluding tert-OH is 1. The van der Waals surface area contributed by atoms with Crippen molar-refractivity contribution < 1.29 is 19.4 Å². The first kappa shape index (κ1) is 19.6. The summed E-state index contributed by atoms with van der Waals surface area (Å²) in [7, 11) is 0. The molecule has 1 aliphatic heterocycles. The van der Waals surface area contributed by atoms with Crippen molar-refractivity contribution in [1.29, 1.82) is 0 Å². The molecule has 1 aromatic rings. The standard InChI is InChI=1S/C23H31NO4S/c25-3-1-4-27-21-10-19(18-2-5-29-14-18)9-20(28-21)22(26)24-23-11-15-6-16(12-23)8-17(7-15)13-23/h2,5,9,14-17,19,21,25H,1,3-4,6-8,10-13H2,(H,24,26)/t15?,16?,17?,19-,21+,23?/m0/s1. The molecule has 0 radical (unpaired) electrons. The number of nitrogens with one attached hydrogen (secondary N) is 1. The summed E-state index contributed by atoms with van der Waals surface area (Å²) < 4.78 is 11.8. The van der Waals surface area contributed by atoms with Crippen LogP contribution in [0.25, 0.3) is 0 Å². The third kappa shape index (κ3) is 4.12. The van der Waals surface area contributed by atoms with Gasteiger partial charge in [0, 0.05) is 24.5 Å². The highest BCUT2D eigenvalue weighted by Crippen LogP contribution is 2.55. The highest BCUT2D eigenvalue weighted by atomic mass is 32.1. The minimum absolute atomic E-state index is 0.0292. The van der Waals surface area contributed by atoms with E-state index in [2.05, 4.69) is 22.1 Å². The van der Waals surface area contributed by atoms with Gasteiger partial charge in [-0.25, -0.2) is 0 Å². The number of amides is 1. The van der Waals surface area contributed by atoms with Crippen LogP contribution in [-0.4, -0.2) is 36.1 Å². The Balaban J connectivity index is 1.31. The molecule has 158 valence electrons. The van der Waals surface area contributed by atoms with Crippen LogP contribution in [0.2, 0.25) is 0 Å². The van der Waals surface area contributed by atoms with Crippen LogP contribution >= 0.6 is 11.3 Å². The first-order valence-corrected chi connectivity index (χ1v) is 12.0. The number of rotatable bonds is 7. The number of hydrogen-bond acceptors (Lipinski definition) is 5. The fourth-order valence-corrected chi connectivity index (χ4v) is 7.21.